The maximum absolute atomic E-state index is 12.4. The molecular weight excluding hydrogens is 420 g/mol. The molecule has 2 aromatic carbocycles. The van der Waals surface area contributed by atoms with Gasteiger partial charge < -0.3 is 23.9 Å². The molecule has 4 aromatic rings. The third-order valence-electron chi connectivity index (χ3n) is 4.96. The smallest absolute Gasteiger partial charge is 0.316 e. The van der Waals surface area contributed by atoms with Gasteiger partial charge in [0.2, 0.25) is 5.82 Å². The SMILES string of the molecule is CCOc1ccc(CCNC(=O)c2nc(-c3ccc(-n4cccc4)cc3)no2)cc1OCC. The van der Waals surface area contributed by atoms with E-state index in [1.807, 2.05) is 85.4 Å². The topological polar surface area (TPSA) is 91.4 Å². The summed E-state index contributed by atoms with van der Waals surface area (Å²) in [5, 5.41) is 6.76. The fraction of sp³-hybridized carbons (Fsp3) is 0.240. The summed E-state index contributed by atoms with van der Waals surface area (Å²) in [6.07, 6.45) is 4.56. The first-order valence-electron chi connectivity index (χ1n) is 10.9. The highest BCUT2D eigenvalue weighted by Gasteiger charge is 2.16. The molecular formula is C25H26N4O4. The van der Waals surface area contributed by atoms with Gasteiger partial charge >= 0.3 is 11.8 Å². The Hall–Kier alpha value is -4.07. The van der Waals surface area contributed by atoms with Crippen LogP contribution in [0.3, 0.4) is 0 Å². The number of benzene rings is 2. The summed E-state index contributed by atoms with van der Waals surface area (Å²) >= 11 is 0. The van der Waals surface area contributed by atoms with Crippen molar-refractivity contribution in [2.75, 3.05) is 19.8 Å². The minimum atomic E-state index is -0.409. The summed E-state index contributed by atoms with van der Waals surface area (Å²) < 4.78 is 18.4. The van der Waals surface area contributed by atoms with Gasteiger partial charge in [-0.2, -0.15) is 4.98 Å². The molecule has 1 amide bonds. The number of nitrogens with one attached hydrogen (secondary N) is 1. The normalized spacial score (nSPS) is 10.7. The molecule has 8 nitrogen and oxygen atoms in total. The van der Waals surface area contributed by atoms with Crippen molar-refractivity contribution in [3.05, 3.63) is 78.4 Å². The van der Waals surface area contributed by atoms with Crippen molar-refractivity contribution in [3.8, 4) is 28.6 Å². The second-order valence-electron chi connectivity index (χ2n) is 7.21. The molecule has 4 rings (SSSR count). The van der Waals surface area contributed by atoms with Crippen molar-refractivity contribution in [1.82, 2.24) is 20.0 Å². The molecule has 8 heteroatoms. The van der Waals surface area contributed by atoms with Gasteiger partial charge in [-0.25, -0.2) is 0 Å². The van der Waals surface area contributed by atoms with Crippen LogP contribution in [0.1, 0.15) is 30.1 Å². The van der Waals surface area contributed by atoms with E-state index in [-0.39, 0.29) is 5.89 Å². The van der Waals surface area contributed by atoms with Gasteiger partial charge in [0.15, 0.2) is 11.5 Å². The Labute approximate surface area is 192 Å². The number of nitrogens with zero attached hydrogens (tertiary/aromatic N) is 3. The van der Waals surface area contributed by atoms with E-state index >= 15 is 0 Å². The van der Waals surface area contributed by atoms with E-state index in [0.29, 0.717) is 43.5 Å². The van der Waals surface area contributed by atoms with Crippen LogP contribution in [0.15, 0.2) is 71.5 Å². The molecule has 2 aromatic heterocycles. The maximum Gasteiger partial charge on any atom is 0.316 e. The van der Waals surface area contributed by atoms with Gasteiger partial charge in [-0.05, 0) is 74.4 Å². The highest BCUT2D eigenvalue weighted by molar-refractivity contribution is 5.89. The summed E-state index contributed by atoms with van der Waals surface area (Å²) in [6, 6.07) is 17.4. The lowest BCUT2D eigenvalue weighted by Gasteiger charge is -2.12. The van der Waals surface area contributed by atoms with Gasteiger partial charge in [0.05, 0.1) is 13.2 Å². The van der Waals surface area contributed by atoms with Crippen molar-refractivity contribution >= 4 is 5.91 Å². The van der Waals surface area contributed by atoms with Crippen LogP contribution in [0.2, 0.25) is 0 Å². The van der Waals surface area contributed by atoms with E-state index in [1.54, 1.807) is 0 Å². The molecule has 33 heavy (non-hydrogen) atoms. The number of carbonyl (C=O) groups is 1. The molecule has 0 saturated heterocycles. The van der Waals surface area contributed by atoms with Crippen LogP contribution >= 0.6 is 0 Å². The first-order chi connectivity index (χ1) is 16.2. The molecule has 0 unspecified atom stereocenters. The van der Waals surface area contributed by atoms with E-state index in [9.17, 15) is 4.79 Å². The average molecular weight is 447 g/mol. The van der Waals surface area contributed by atoms with Crippen LogP contribution in [0.5, 0.6) is 11.5 Å². The zero-order chi connectivity index (χ0) is 23.0. The van der Waals surface area contributed by atoms with Gasteiger partial charge in [-0.15, -0.1) is 0 Å². The van der Waals surface area contributed by atoms with Crippen LogP contribution in [-0.4, -0.2) is 40.4 Å². The van der Waals surface area contributed by atoms with Gasteiger partial charge in [-0.3, -0.25) is 4.79 Å². The highest BCUT2D eigenvalue weighted by Crippen LogP contribution is 2.28. The molecule has 0 aliphatic carbocycles. The largest absolute Gasteiger partial charge is 0.490 e. The molecule has 170 valence electrons. The minimum Gasteiger partial charge on any atom is -0.490 e. The Morgan fingerprint density at radius 3 is 2.45 bits per heavy atom. The molecule has 2 heterocycles. The Balaban J connectivity index is 1.34. The lowest BCUT2D eigenvalue weighted by atomic mass is 10.1. The van der Waals surface area contributed by atoms with Crippen LogP contribution in [0, 0.1) is 0 Å². The second kappa shape index (κ2) is 10.5. The summed E-state index contributed by atoms with van der Waals surface area (Å²) in [6.45, 7) is 5.40. The van der Waals surface area contributed by atoms with Crippen molar-refractivity contribution < 1.29 is 18.8 Å². The standard InChI is InChI=1S/C25H26N4O4/c1-3-31-21-12-7-18(17-22(21)32-4-2)13-14-26-24(30)25-27-23(28-33-25)19-8-10-20(11-9-19)29-15-5-6-16-29/h5-12,15-17H,3-4,13-14H2,1-2H3,(H,26,30). The molecule has 0 bridgehead atoms. The zero-order valence-electron chi connectivity index (χ0n) is 18.7. The molecule has 0 spiro atoms. The van der Waals surface area contributed by atoms with Gasteiger partial charge in [-0.1, -0.05) is 11.2 Å². The third-order valence-corrected chi connectivity index (χ3v) is 4.96. The number of hydrogen-bond acceptors (Lipinski definition) is 6. The molecule has 0 saturated carbocycles. The predicted molar refractivity (Wildman–Crippen MR) is 124 cm³/mol. The van der Waals surface area contributed by atoms with Crippen molar-refractivity contribution in [3.63, 3.8) is 0 Å². The fourth-order valence-corrected chi connectivity index (χ4v) is 3.37. The Bertz CT molecular complexity index is 1180. The number of ether oxygens (including phenoxy) is 2. The lowest BCUT2D eigenvalue weighted by molar-refractivity contribution is 0.0910. The van der Waals surface area contributed by atoms with Gasteiger partial charge in [0.1, 0.15) is 0 Å². The lowest BCUT2D eigenvalue weighted by Crippen LogP contribution is -2.26. The average Bonchev–Trinajstić information content (AvgIpc) is 3.54. The molecule has 0 radical (unpaired) electrons. The molecule has 1 N–H and O–H groups in total. The molecule has 0 atom stereocenters. The number of carbonyl (C=O) groups excluding carboxylic acids is 1. The molecule has 0 aliphatic rings. The number of rotatable bonds is 10. The number of amides is 1. The quantitative estimate of drug-likeness (QED) is 0.391. The molecule has 0 aliphatic heterocycles. The van der Waals surface area contributed by atoms with Crippen LogP contribution in [-0.2, 0) is 6.42 Å². The maximum atomic E-state index is 12.4. The first kappa shape index (κ1) is 22.1. The fourth-order valence-electron chi connectivity index (χ4n) is 3.37. The van der Waals surface area contributed by atoms with Crippen LogP contribution < -0.4 is 14.8 Å². The monoisotopic (exact) mass is 446 g/mol. The van der Waals surface area contributed by atoms with Gasteiger partial charge in [0.25, 0.3) is 0 Å². The van der Waals surface area contributed by atoms with Gasteiger partial charge in [0, 0.05) is 30.2 Å². The van der Waals surface area contributed by atoms with E-state index in [0.717, 1.165) is 16.8 Å². The van der Waals surface area contributed by atoms with E-state index < -0.39 is 5.91 Å². The van der Waals surface area contributed by atoms with E-state index in [4.69, 9.17) is 14.0 Å². The van der Waals surface area contributed by atoms with Crippen molar-refractivity contribution in [2.24, 2.45) is 0 Å². The van der Waals surface area contributed by atoms with Crippen LogP contribution in [0.25, 0.3) is 17.1 Å². The summed E-state index contributed by atoms with van der Waals surface area (Å²) in [4.78, 5) is 16.7. The Morgan fingerprint density at radius 1 is 1.00 bits per heavy atom. The van der Waals surface area contributed by atoms with Crippen LogP contribution in [0.4, 0.5) is 0 Å². The third kappa shape index (κ3) is 5.41. The minimum absolute atomic E-state index is 0.0683. The number of hydrogen-bond donors (Lipinski definition) is 1. The highest BCUT2D eigenvalue weighted by atomic mass is 16.5. The Kier molecular flexibility index (Phi) is 7.04. The van der Waals surface area contributed by atoms with Crippen molar-refractivity contribution in [1.29, 1.82) is 0 Å². The van der Waals surface area contributed by atoms with E-state index in [1.165, 1.54) is 0 Å². The van der Waals surface area contributed by atoms with E-state index in [2.05, 4.69) is 15.5 Å². The molecule has 0 fully saturated rings. The first-order valence-corrected chi connectivity index (χ1v) is 10.9. The van der Waals surface area contributed by atoms with Crippen molar-refractivity contribution in [2.45, 2.75) is 20.3 Å². The summed E-state index contributed by atoms with van der Waals surface area (Å²) in [5.41, 5.74) is 2.81. The predicted octanol–water partition coefficient (Wildman–Crippen LogP) is 4.30. The number of aromatic nitrogens is 3. The zero-order valence-corrected chi connectivity index (χ0v) is 18.7. The Morgan fingerprint density at radius 2 is 1.73 bits per heavy atom. The summed E-state index contributed by atoms with van der Waals surface area (Å²) in [5.74, 6) is 1.31. The second-order valence-corrected chi connectivity index (χ2v) is 7.21. The summed E-state index contributed by atoms with van der Waals surface area (Å²) in [7, 11) is 0.